The lowest BCUT2D eigenvalue weighted by Gasteiger charge is -2.51. The van der Waals surface area contributed by atoms with Gasteiger partial charge >= 0.3 is 0 Å². The Balaban J connectivity index is 3.23. The molecule has 1 heterocycles. The number of piperazine rings is 1. The molecule has 122 valence electrons. The molecule has 4 heteroatoms. The average Bonchev–Trinajstić information content (AvgIpc) is 2.48. The number of amides is 2. The van der Waals surface area contributed by atoms with Crippen molar-refractivity contribution in [1.82, 2.24) is 10.2 Å². The van der Waals surface area contributed by atoms with E-state index in [9.17, 15) is 9.59 Å². The molecular weight excluding hydrogens is 264 g/mol. The minimum absolute atomic E-state index is 0.0281. The molecule has 1 aliphatic heterocycles. The van der Waals surface area contributed by atoms with E-state index in [0.29, 0.717) is 12.8 Å². The molecule has 3 atom stereocenters. The zero-order valence-corrected chi connectivity index (χ0v) is 14.5. The van der Waals surface area contributed by atoms with Crippen LogP contribution in [0.15, 0.2) is 0 Å². The van der Waals surface area contributed by atoms with Gasteiger partial charge in [0.2, 0.25) is 11.8 Å². The van der Waals surface area contributed by atoms with Crippen LogP contribution in [0.5, 0.6) is 0 Å². The third-order valence-corrected chi connectivity index (χ3v) is 5.20. The zero-order chi connectivity index (χ0) is 16.2. The van der Waals surface area contributed by atoms with Crippen LogP contribution in [0, 0.1) is 5.92 Å². The van der Waals surface area contributed by atoms with Crippen molar-refractivity contribution < 1.29 is 9.59 Å². The minimum Gasteiger partial charge on any atom is -0.342 e. The summed E-state index contributed by atoms with van der Waals surface area (Å²) < 4.78 is 0. The van der Waals surface area contributed by atoms with Crippen molar-refractivity contribution in [3.05, 3.63) is 0 Å². The van der Waals surface area contributed by atoms with E-state index in [1.807, 2.05) is 25.7 Å². The molecule has 0 radical (unpaired) electrons. The first-order valence-electron chi connectivity index (χ1n) is 8.53. The molecule has 0 aliphatic carbocycles. The molecule has 0 spiro atoms. The average molecular weight is 296 g/mol. The lowest BCUT2D eigenvalue weighted by molar-refractivity contribution is -0.163. The van der Waals surface area contributed by atoms with Crippen LogP contribution in [-0.2, 0) is 9.59 Å². The van der Waals surface area contributed by atoms with Crippen LogP contribution in [-0.4, -0.2) is 34.3 Å². The Kier molecular flexibility index (Phi) is 6.24. The fraction of sp³-hybridized carbons (Fsp3) is 0.882. The number of carbonyl (C=O) groups excluding carboxylic acids is 2. The van der Waals surface area contributed by atoms with E-state index in [1.54, 1.807) is 0 Å². The Morgan fingerprint density at radius 1 is 1.14 bits per heavy atom. The predicted octanol–water partition coefficient (Wildman–Crippen LogP) is 3.11. The fourth-order valence-electron chi connectivity index (χ4n) is 3.53. The van der Waals surface area contributed by atoms with Gasteiger partial charge in [0, 0.05) is 6.04 Å². The van der Waals surface area contributed by atoms with Gasteiger partial charge in [-0.05, 0) is 32.1 Å². The summed E-state index contributed by atoms with van der Waals surface area (Å²) in [4.78, 5) is 27.7. The highest BCUT2D eigenvalue weighted by Gasteiger charge is 2.52. The Morgan fingerprint density at radius 3 is 2.14 bits per heavy atom. The molecule has 0 aromatic rings. The molecule has 2 amide bonds. The van der Waals surface area contributed by atoms with E-state index >= 15 is 0 Å². The normalized spacial score (nSPS) is 24.7. The van der Waals surface area contributed by atoms with Gasteiger partial charge in [0.1, 0.15) is 11.6 Å². The SMILES string of the molecule is CCCC(C)N1C(=O)C(C(C)CC)NC(=O)C1(CC)CC. The van der Waals surface area contributed by atoms with Crippen LogP contribution in [0.2, 0.25) is 0 Å². The van der Waals surface area contributed by atoms with Crippen LogP contribution in [0.4, 0.5) is 0 Å². The summed E-state index contributed by atoms with van der Waals surface area (Å²) in [7, 11) is 0. The van der Waals surface area contributed by atoms with Crippen molar-refractivity contribution in [2.45, 2.75) is 91.3 Å². The van der Waals surface area contributed by atoms with Gasteiger partial charge in [0.05, 0.1) is 0 Å². The van der Waals surface area contributed by atoms with Crippen molar-refractivity contribution >= 4 is 11.8 Å². The summed E-state index contributed by atoms with van der Waals surface area (Å²) in [6.07, 6.45) is 4.18. The second kappa shape index (κ2) is 7.28. The standard InChI is InChI=1S/C17H32N2O2/c1-7-11-13(6)19-15(20)14(12(5)8-2)18-16(21)17(19,9-3)10-4/h12-14H,7-11H2,1-6H3,(H,18,21). The maximum Gasteiger partial charge on any atom is 0.246 e. The Hall–Kier alpha value is -1.06. The molecule has 0 aromatic carbocycles. The first kappa shape index (κ1) is 18.0. The molecule has 1 aliphatic rings. The van der Waals surface area contributed by atoms with E-state index in [1.165, 1.54) is 0 Å². The Bertz CT molecular complexity index is 377. The van der Waals surface area contributed by atoms with Gasteiger partial charge in [0.25, 0.3) is 0 Å². The molecule has 21 heavy (non-hydrogen) atoms. The number of carbonyl (C=O) groups is 2. The van der Waals surface area contributed by atoms with Crippen molar-refractivity contribution in [3.63, 3.8) is 0 Å². The number of rotatable bonds is 7. The molecule has 4 nitrogen and oxygen atoms in total. The maximum atomic E-state index is 13.0. The summed E-state index contributed by atoms with van der Waals surface area (Å²) in [5, 5.41) is 3.01. The van der Waals surface area contributed by atoms with E-state index in [0.717, 1.165) is 19.3 Å². The number of nitrogens with zero attached hydrogens (tertiary/aromatic N) is 1. The predicted molar refractivity (Wildman–Crippen MR) is 85.9 cm³/mol. The number of hydrogen-bond acceptors (Lipinski definition) is 2. The van der Waals surface area contributed by atoms with Gasteiger partial charge in [-0.25, -0.2) is 0 Å². The molecule has 1 fully saturated rings. The van der Waals surface area contributed by atoms with Gasteiger partial charge < -0.3 is 10.2 Å². The number of hydrogen-bond donors (Lipinski definition) is 1. The summed E-state index contributed by atoms with van der Waals surface area (Å²) in [6.45, 7) is 12.3. The summed E-state index contributed by atoms with van der Waals surface area (Å²) in [5.41, 5.74) is -0.671. The Labute approximate surface area is 129 Å². The third kappa shape index (κ3) is 3.09. The molecule has 3 unspecified atom stereocenters. The monoisotopic (exact) mass is 296 g/mol. The molecule has 0 saturated carbocycles. The molecule has 1 saturated heterocycles. The first-order valence-corrected chi connectivity index (χ1v) is 8.53. The van der Waals surface area contributed by atoms with Crippen molar-refractivity contribution in [2.24, 2.45) is 5.92 Å². The van der Waals surface area contributed by atoms with E-state index in [-0.39, 0.29) is 29.8 Å². The van der Waals surface area contributed by atoms with Crippen LogP contribution in [0.1, 0.15) is 73.6 Å². The molecule has 0 aromatic heterocycles. The highest BCUT2D eigenvalue weighted by Crippen LogP contribution is 2.33. The van der Waals surface area contributed by atoms with Gasteiger partial charge in [-0.2, -0.15) is 0 Å². The number of nitrogens with one attached hydrogen (secondary N) is 1. The second-order valence-electron chi connectivity index (χ2n) is 6.42. The van der Waals surface area contributed by atoms with Gasteiger partial charge in [0.15, 0.2) is 0 Å². The summed E-state index contributed by atoms with van der Waals surface area (Å²) >= 11 is 0. The zero-order valence-electron chi connectivity index (χ0n) is 14.5. The van der Waals surface area contributed by atoms with Crippen LogP contribution < -0.4 is 5.32 Å². The molecule has 1 N–H and O–H groups in total. The van der Waals surface area contributed by atoms with Crippen LogP contribution in [0.3, 0.4) is 0 Å². The molecule has 1 rings (SSSR count). The van der Waals surface area contributed by atoms with Crippen molar-refractivity contribution in [1.29, 1.82) is 0 Å². The topological polar surface area (TPSA) is 49.4 Å². The van der Waals surface area contributed by atoms with Gasteiger partial charge in [-0.15, -0.1) is 0 Å². The summed E-state index contributed by atoms with van der Waals surface area (Å²) in [5.74, 6) is 0.304. The fourth-order valence-corrected chi connectivity index (χ4v) is 3.53. The van der Waals surface area contributed by atoms with Gasteiger partial charge in [-0.1, -0.05) is 47.5 Å². The van der Waals surface area contributed by atoms with Crippen molar-refractivity contribution in [2.75, 3.05) is 0 Å². The van der Waals surface area contributed by atoms with Crippen molar-refractivity contribution in [3.8, 4) is 0 Å². The van der Waals surface area contributed by atoms with Crippen LogP contribution >= 0.6 is 0 Å². The summed E-state index contributed by atoms with van der Waals surface area (Å²) in [6, 6.07) is -0.256. The first-order chi connectivity index (χ1) is 9.89. The highest BCUT2D eigenvalue weighted by molar-refractivity contribution is 6.00. The lowest BCUT2D eigenvalue weighted by Crippen LogP contribution is -2.73. The lowest BCUT2D eigenvalue weighted by atomic mass is 9.81. The van der Waals surface area contributed by atoms with Gasteiger partial charge in [-0.3, -0.25) is 9.59 Å². The van der Waals surface area contributed by atoms with E-state index in [2.05, 4.69) is 26.1 Å². The largest absolute Gasteiger partial charge is 0.342 e. The Morgan fingerprint density at radius 2 is 1.71 bits per heavy atom. The minimum atomic E-state index is -0.671. The third-order valence-electron chi connectivity index (χ3n) is 5.20. The second-order valence-corrected chi connectivity index (χ2v) is 6.42. The quantitative estimate of drug-likeness (QED) is 0.785. The maximum absolute atomic E-state index is 13.0. The molecular formula is C17H32N2O2. The molecule has 0 bridgehead atoms. The van der Waals surface area contributed by atoms with E-state index in [4.69, 9.17) is 0 Å². The smallest absolute Gasteiger partial charge is 0.246 e. The van der Waals surface area contributed by atoms with Crippen LogP contribution in [0.25, 0.3) is 0 Å². The van der Waals surface area contributed by atoms with E-state index < -0.39 is 5.54 Å². The highest BCUT2D eigenvalue weighted by atomic mass is 16.2.